The fraction of sp³-hybridized carbons (Fsp3) is 0.294. The van der Waals surface area contributed by atoms with Crippen molar-refractivity contribution >= 4 is 41.7 Å². The Balaban J connectivity index is 0.00000288. The molecular formula is C17H22FIN4S. The van der Waals surface area contributed by atoms with Crippen molar-refractivity contribution in [3.8, 4) is 0 Å². The third-order valence-corrected chi connectivity index (χ3v) is 4.18. The molecule has 0 atom stereocenters. The Labute approximate surface area is 163 Å². The molecule has 0 radical (unpaired) electrons. The topological polar surface area (TPSA) is 63.3 Å². The summed E-state index contributed by atoms with van der Waals surface area (Å²) in [4.78, 5) is 9.61. The van der Waals surface area contributed by atoms with E-state index in [1.807, 2.05) is 18.2 Å². The average Bonchev–Trinajstić information content (AvgIpc) is 2.57. The number of aromatic nitrogens is 1. The normalized spacial score (nSPS) is 11.0. The van der Waals surface area contributed by atoms with Crippen LogP contribution in [0.2, 0.25) is 0 Å². The van der Waals surface area contributed by atoms with E-state index in [1.54, 1.807) is 30.1 Å². The molecule has 0 aliphatic carbocycles. The van der Waals surface area contributed by atoms with Gasteiger partial charge < -0.3 is 11.1 Å². The molecule has 0 unspecified atom stereocenters. The van der Waals surface area contributed by atoms with Crippen LogP contribution >= 0.6 is 35.7 Å². The highest BCUT2D eigenvalue weighted by molar-refractivity contribution is 14.0. The summed E-state index contributed by atoms with van der Waals surface area (Å²) in [5.74, 6) is 1.19. The van der Waals surface area contributed by atoms with Crippen molar-refractivity contribution in [2.45, 2.75) is 17.7 Å². The zero-order chi connectivity index (χ0) is 16.3. The number of guanidine groups is 1. The largest absolute Gasteiger partial charge is 0.370 e. The number of benzene rings is 1. The van der Waals surface area contributed by atoms with Gasteiger partial charge in [0.2, 0.25) is 0 Å². The van der Waals surface area contributed by atoms with Crippen LogP contribution in [0.3, 0.4) is 0 Å². The Bertz CT molecular complexity index is 608. The molecule has 0 bridgehead atoms. The lowest BCUT2D eigenvalue weighted by Gasteiger charge is -2.05. The highest BCUT2D eigenvalue weighted by atomic mass is 127. The van der Waals surface area contributed by atoms with Crippen LogP contribution in [0.15, 0.2) is 58.5 Å². The van der Waals surface area contributed by atoms with Crippen LogP contribution in [0.5, 0.6) is 0 Å². The lowest BCUT2D eigenvalue weighted by atomic mass is 10.3. The summed E-state index contributed by atoms with van der Waals surface area (Å²) in [5, 5.41) is 3.09. The van der Waals surface area contributed by atoms with Crippen LogP contribution in [0, 0.1) is 5.82 Å². The van der Waals surface area contributed by atoms with E-state index >= 15 is 0 Å². The average molecular weight is 460 g/mol. The highest BCUT2D eigenvalue weighted by Crippen LogP contribution is 2.18. The number of rotatable bonds is 8. The van der Waals surface area contributed by atoms with Gasteiger partial charge in [-0.1, -0.05) is 6.07 Å². The van der Waals surface area contributed by atoms with Gasteiger partial charge in [0.05, 0.1) is 0 Å². The molecule has 24 heavy (non-hydrogen) atoms. The van der Waals surface area contributed by atoms with Gasteiger partial charge in [-0.25, -0.2) is 4.39 Å². The number of halogens is 2. The quantitative estimate of drug-likeness (QED) is 0.208. The molecule has 1 aromatic carbocycles. The standard InChI is InChI=1S/C17H21FN4S.HI/c18-14-5-7-16(8-6-14)23-13-3-11-21-17(19)22-12-9-15-4-1-2-10-20-15;/h1-2,4-8,10H,3,9,11-13H2,(H3,19,21,22);1H. The van der Waals surface area contributed by atoms with E-state index in [9.17, 15) is 4.39 Å². The summed E-state index contributed by atoms with van der Waals surface area (Å²) < 4.78 is 12.8. The second kappa shape index (κ2) is 12.1. The molecule has 7 heteroatoms. The summed E-state index contributed by atoms with van der Waals surface area (Å²) >= 11 is 1.69. The van der Waals surface area contributed by atoms with Gasteiger partial charge in [0.1, 0.15) is 5.82 Å². The predicted molar refractivity (Wildman–Crippen MR) is 110 cm³/mol. The Morgan fingerprint density at radius 3 is 2.71 bits per heavy atom. The molecule has 0 saturated carbocycles. The Hall–Kier alpha value is -1.35. The van der Waals surface area contributed by atoms with E-state index in [0.29, 0.717) is 12.5 Å². The molecule has 1 aromatic heterocycles. The first kappa shape index (κ1) is 20.7. The van der Waals surface area contributed by atoms with Crippen LogP contribution in [-0.4, -0.2) is 29.8 Å². The van der Waals surface area contributed by atoms with Gasteiger partial charge in [-0.3, -0.25) is 9.98 Å². The lowest BCUT2D eigenvalue weighted by molar-refractivity contribution is 0.626. The van der Waals surface area contributed by atoms with Crippen LogP contribution < -0.4 is 11.1 Å². The van der Waals surface area contributed by atoms with Crippen molar-refractivity contribution in [3.63, 3.8) is 0 Å². The van der Waals surface area contributed by atoms with Crippen molar-refractivity contribution in [1.29, 1.82) is 0 Å². The summed E-state index contributed by atoms with van der Waals surface area (Å²) in [6, 6.07) is 12.4. The molecule has 0 spiro atoms. The predicted octanol–water partition coefficient (Wildman–Crippen LogP) is 3.47. The van der Waals surface area contributed by atoms with Crippen molar-refractivity contribution < 1.29 is 4.39 Å². The molecule has 4 nitrogen and oxygen atoms in total. The first-order valence-electron chi connectivity index (χ1n) is 7.56. The number of nitrogens with zero attached hydrogens (tertiary/aromatic N) is 2. The first-order chi connectivity index (χ1) is 11.2. The number of thioether (sulfide) groups is 1. The van der Waals surface area contributed by atoms with E-state index in [4.69, 9.17) is 5.73 Å². The number of aliphatic imine (C=N–C) groups is 1. The summed E-state index contributed by atoms with van der Waals surface area (Å²) in [6.45, 7) is 1.40. The molecule has 130 valence electrons. The molecular weight excluding hydrogens is 438 g/mol. The maximum absolute atomic E-state index is 12.8. The SMILES string of the molecule is I.NC(=NCCCSc1ccc(F)cc1)NCCc1ccccn1. The minimum atomic E-state index is -0.205. The number of nitrogens with one attached hydrogen (secondary N) is 1. The monoisotopic (exact) mass is 460 g/mol. The third-order valence-electron chi connectivity index (χ3n) is 3.08. The van der Waals surface area contributed by atoms with Crippen LogP contribution in [0.1, 0.15) is 12.1 Å². The molecule has 0 fully saturated rings. The van der Waals surface area contributed by atoms with Crippen LogP contribution in [0.25, 0.3) is 0 Å². The van der Waals surface area contributed by atoms with Gasteiger partial charge in [0.15, 0.2) is 5.96 Å². The molecule has 0 aliphatic heterocycles. The van der Waals surface area contributed by atoms with Gasteiger partial charge in [-0.15, -0.1) is 35.7 Å². The molecule has 2 rings (SSSR count). The Kier molecular flexibility index (Phi) is 10.4. The third kappa shape index (κ3) is 8.49. The van der Waals surface area contributed by atoms with Crippen molar-refractivity contribution in [2.75, 3.05) is 18.8 Å². The first-order valence-corrected chi connectivity index (χ1v) is 8.54. The van der Waals surface area contributed by atoms with Crippen molar-refractivity contribution in [3.05, 3.63) is 60.2 Å². The second-order valence-electron chi connectivity index (χ2n) is 4.92. The summed E-state index contributed by atoms with van der Waals surface area (Å²) in [6.07, 6.45) is 3.52. The molecule has 0 saturated heterocycles. The molecule has 0 aliphatic rings. The zero-order valence-electron chi connectivity index (χ0n) is 13.3. The van der Waals surface area contributed by atoms with E-state index in [-0.39, 0.29) is 29.8 Å². The lowest BCUT2D eigenvalue weighted by Crippen LogP contribution is -2.33. The molecule has 3 N–H and O–H groups in total. The summed E-state index contributed by atoms with van der Waals surface area (Å²) in [5.41, 5.74) is 6.85. The second-order valence-corrected chi connectivity index (χ2v) is 6.09. The number of hydrogen-bond donors (Lipinski definition) is 2. The van der Waals surface area contributed by atoms with E-state index in [2.05, 4.69) is 15.3 Å². The minimum Gasteiger partial charge on any atom is -0.370 e. The van der Waals surface area contributed by atoms with Crippen LogP contribution in [0.4, 0.5) is 4.39 Å². The van der Waals surface area contributed by atoms with Gasteiger partial charge >= 0.3 is 0 Å². The fourth-order valence-electron chi connectivity index (χ4n) is 1.91. The van der Waals surface area contributed by atoms with E-state index < -0.39 is 0 Å². The zero-order valence-corrected chi connectivity index (χ0v) is 16.5. The minimum absolute atomic E-state index is 0. The molecule has 1 heterocycles. The highest BCUT2D eigenvalue weighted by Gasteiger charge is 1.97. The molecule has 0 amide bonds. The summed E-state index contributed by atoms with van der Waals surface area (Å²) in [7, 11) is 0. The number of hydrogen-bond acceptors (Lipinski definition) is 3. The fourth-order valence-corrected chi connectivity index (χ4v) is 2.74. The van der Waals surface area contributed by atoms with Gasteiger partial charge in [-0.05, 0) is 48.6 Å². The van der Waals surface area contributed by atoms with E-state index in [0.717, 1.165) is 35.7 Å². The van der Waals surface area contributed by atoms with Crippen molar-refractivity contribution in [2.24, 2.45) is 10.7 Å². The number of nitrogens with two attached hydrogens (primary N) is 1. The van der Waals surface area contributed by atoms with Crippen molar-refractivity contribution in [1.82, 2.24) is 10.3 Å². The maximum Gasteiger partial charge on any atom is 0.188 e. The van der Waals surface area contributed by atoms with Gasteiger partial charge in [0, 0.05) is 36.3 Å². The molecule has 2 aromatic rings. The number of pyridine rings is 1. The smallest absolute Gasteiger partial charge is 0.188 e. The maximum atomic E-state index is 12.8. The Morgan fingerprint density at radius 1 is 1.21 bits per heavy atom. The van der Waals surface area contributed by atoms with Gasteiger partial charge in [0.25, 0.3) is 0 Å². The van der Waals surface area contributed by atoms with Gasteiger partial charge in [-0.2, -0.15) is 0 Å². The van der Waals surface area contributed by atoms with Crippen LogP contribution in [-0.2, 0) is 6.42 Å². The Morgan fingerprint density at radius 2 is 2.00 bits per heavy atom. The van der Waals surface area contributed by atoms with E-state index in [1.165, 1.54) is 12.1 Å².